The minimum Gasteiger partial charge on any atom is -0.326 e. The molecule has 1 aromatic heterocycles. The molecule has 96 valence electrons. The van der Waals surface area contributed by atoms with E-state index in [9.17, 15) is 0 Å². The Morgan fingerprint density at radius 1 is 1.28 bits per heavy atom. The van der Waals surface area contributed by atoms with Crippen molar-refractivity contribution in [2.45, 2.75) is 32.7 Å². The van der Waals surface area contributed by atoms with Crippen LogP contribution in [0.2, 0.25) is 0 Å². The highest BCUT2D eigenvalue weighted by Gasteiger charge is 2.09. The fraction of sp³-hybridized carbons (Fsp3) is 0.400. The maximum absolute atomic E-state index is 5.75. The smallest absolute Gasteiger partial charge is 0.0967 e. The molecule has 0 bridgehead atoms. The van der Waals surface area contributed by atoms with E-state index in [1.807, 2.05) is 17.9 Å². The number of nitrogens with zero attached hydrogens (tertiary/aromatic N) is 2. The lowest BCUT2D eigenvalue weighted by molar-refractivity contribution is 0.733. The van der Waals surface area contributed by atoms with Gasteiger partial charge in [-0.05, 0) is 17.9 Å². The number of benzene rings is 1. The molecule has 0 saturated heterocycles. The standard InChI is InChI=1S/C15H21N3/c1-4-11(2)12-5-7-13(8-6-12)15-14(9-16)10-18(3)17-15/h5-8,10-11H,4,9,16H2,1-3H3. The van der Waals surface area contributed by atoms with Gasteiger partial charge < -0.3 is 5.73 Å². The van der Waals surface area contributed by atoms with Crippen LogP contribution < -0.4 is 5.73 Å². The Bertz CT molecular complexity index is 511. The third-order valence-electron chi connectivity index (χ3n) is 3.49. The number of aromatic nitrogens is 2. The first-order valence-corrected chi connectivity index (χ1v) is 6.48. The monoisotopic (exact) mass is 243 g/mol. The van der Waals surface area contributed by atoms with Crippen molar-refractivity contribution in [3.05, 3.63) is 41.6 Å². The van der Waals surface area contributed by atoms with Crippen LogP contribution in [0.3, 0.4) is 0 Å². The van der Waals surface area contributed by atoms with E-state index >= 15 is 0 Å². The van der Waals surface area contributed by atoms with E-state index in [-0.39, 0.29) is 0 Å². The molecule has 2 N–H and O–H groups in total. The summed E-state index contributed by atoms with van der Waals surface area (Å²) in [4.78, 5) is 0. The van der Waals surface area contributed by atoms with Crippen LogP contribution in [0.25, 0.3) is 11.3 Å². The predicted octanol–water partition coefficient (Wildman–Crippen LogP) is 3.06. The van der Waals surface area contributed by atoms with Crippen LogP contribution in [-0.4, -0.2) is 9.78 Å². The zero-order valence-electron chi connectivity index (χ0n) is 11.4. The molecule has 1 unspecified atom stereocenters. The lowest BCUT2D eigenvalue weighted by atomic mass is 9.96. The highest BCUT2D eigenvalue weighted by Crippen LogP contribution is 2.25. The third kappa shape index (κ3) is 2.46. The number of rotatable bonds is 4. The van der Waals surface area contributed by atoms with Gasteiger partial charge in [-0.15, -0.1) is 0 Å². The van der Waals surface area contributed by atoms with Gasteiger partial charge in [0, 0.05) is 30.9 Å². The van der Waals surface area contributed by atoms with Crippen LogP contribution in [0, 0.1) is 0 Å². The molecule has 1 atom stereocenters. The molecular formula is C15H21N3. The van der Waals surface area contributed by atoms with Crippen LogP contribution in [0.5, 0.6) is 0 Å². The largest absolute Gasteiger partial charge is 0.326 e. The van der Waals surface area contributed by atoms with E-state index in [0.29, 0.717) is 12.5 Å². The van der Waals surface area contributed by atoms with Crippen molar-refractivity contribution in [1.82, 2.24) is 9.78 Å². The summed E-state index contributed by atoms with van der Waals surface area (Å²) < 4.78 is 1.82. The van der Waals surface area contributed by atoms with Crippen LogP contribution in [0.15, 0.2) is 30.5 Å². The van der Waals surface area contributed by atoms with Crippen molar-refractivity contribution in [2.24, 2.45) is 12.8 Å². The summed E-state index contributed by atoms with van der Waals surface area (Å²) in [5.74, 6) is 0.608. The van der Waals surface area contributed by atoms with Gasteiger partial charge >= 0.3 is 0 Å². The van der Waals surface area contributed by atoms with Crippen molar-refractivity contribution >= 4 is 0 Å². The van der Waals surface area contributed by atoms with Gasteiger partial charge in [-0.1, -0.05) is 38.1 Å². The summed E-state index contributed by atoms with van der Waals surface area (Å²) in [5.41, 5.74) is 10.4. The van der Waals surface area contributed by atoms with Crippen molar-refractivity contribution in [3.63, 3.8) is 0 Å². The van der Waals surface area contributed by atoms with Gasteiger partial charge in [0.1, 0.15) is 0 Å². The number of hydrogen-bond acceptors (Lipinski definition) is 2. The normalized spacial score (nSPS) is 12.7. The lowest BCUT2D eigenvalue weighted by Crippen LogP contribution is -1.97. The van der Waals surface area contributed by atoms with Crippen LogP contribution >= 0.6 is 0 Å². The molecule has 2 aromatic rings. The molecule has 1 aromatic carbocycles. The number of aryl methyl sites for hydroxylation is 1. The van der Waals surface area contributed by atoms with Crippen molar-refractivity contribution in [2.75, 3.05) is 0 Å². The molecule has 0 fully saturated rings. The molecular weight excluding hydrogens is 222 g/mol. The Balaban J connectivity index is 2.34. The molecule has 0 radical (unpaired) electrons. The fourth-order valence-corrected chi connectivity index (χ4v) is 2.14. The average molecular weight is 243 g/mol. The first-order valence-electron chi connectivity index (χ1n) is 6.48. The van der Waals surface area contributed by atoms with E-state index in [1.165, 1.54) is 5.56 Å². The zero-order valence-corrected chi connectivity index (χ0v) is 11.4. The Morgan fingerprint density at radius 2 is 1.94 bits per heavy atom. The van der Waals surface area contributed by atoms with Gasteiger partial charge in [0.2, 0.25) is 0 Å². The minimum atomic E-state index is 0.524. The fourth-order valence-electron chi connectivity index (χ4n) is 2.14. The van der Waals surface area contributed by atoms with E-state index < -0.39 is 0 Å². The molecule has 0 aliphatic carbocycles. The maximum atomic E-state index is 5.75. The highest BCUT2D eigenvalue weighted by molar-refractivity contribution is 5.63. The molecule has 18 heavy (non-hydrogen) atoms. The topological polar surface area (TPSA) is 43.8 Å². The van der Waals surface area contributed by atoms with Crippen molar-refractivity contribution in [1.29, 1.82) is 0 Å². The van der Waals surface area contributed by atoms with Crippen LogP contribution in [0.4, 0.5) is 0 Å². The Hall–Kier alpha value is -1.61. The lowest BCUT2D eigenvalue weighted by Gasteiger charge is -2.09. The second kappa shape index (κ2) is 5.36. The van der Waals surface area contributed by atoms with E-state index in [4.69, 9.17) is 5.73 Å². The van der Waals surface area contributed by atoms with Crippen LogP contribution in [-0.2, 0) is 13.6 Å². The van der Waals surface area contributed by atoms with E-state index in [1.54, 1.807) is 0 Å². The van der Waals surface area contributed by atoms with Gasteiger partial charge in [-0.3, -0.25) is 4.68 Å². The van der Waals surface area contributed by atoms with Crippen LogP contribution in [0.1, 0.15) is 37.3 Å². The summed E-state index contributed by atoms with van der Waals surface area (Å²) in [6.45, 7) is 4.99. The molecule has 2 rings (SSSR count). The summed E-state index contributed by atoms with van der Waals surface area (Å²) in [6.07, 6.45) is 3.15. The summed E-state index contributed by atoms with van der Waals surface area (Å²) >= 11 is 0. The Morgan fingerprint density at radius 3 is 2.50 bits per heavy atom. The first kappa shape index (κ1) is 12.8. The molecule has 1 heterocycles. The second-order valence-electron chi connectivity index (χ2n) is 4.81. The molecule has 0 aliphatic rings. The van der Waals surface area contributed by atoms with Crippen molar-refractivity contribution in [3.8, 4) is 11.3 Å². The summed E-state index contributed by atoms with van der Waals surface area (Å²) in [7, 11) is 1.93. The zero-order chi connectivity index (χ0) is 13.1. The molecule has 0 saturated carbocycles. The Labute approximate surface area is 109 Å². The highest BCUT2D eigenvalue weighted by atomic mass is 15.3. The maximum Gasteiger partial charge on any atom is 0.0967 e. The van der Waals surface area contributed by atoms with Gasteiger partial charge in [0.25, 0.3) is 0 Å². The molecule has 3 nitrogen and oxygen atoms in total. The molecule has 3 heteroatoms. The first-order chi connectivity index (χ1) is 8.65. The van der Waals surface area contributed by atoms with Gasteiger partial charge in [0.05, 0.1) is 5.69 Å². The predicted molar refractivity (Wildman–Crippen MR) is 75.2 cm³/mol. The second-order valence-corrected chi connectivity index (χ2v) is 4.81. The molecule has 0 amide bonds. The van der Waals surface area contributed by atoms with E-state index in [2.05, 4.69) is 43.2 Å². The van der Waals surface area contributed by atoms with Gasteiger partial charge in [-0.2, -0.15) is 5.10 Å². The van der Waals surface area contributed by atoms with Crippen molar-refractivity contribution < 1.29 is 0 Å². The Kier molecular flexibility index (Phi) is 3.82. The number of hydrogen-bond donors (Lipinski definition) is 1. The quantitative estimate of drug-likeness (QED) is 0.897. The molecule has 0 aliphatic heterocycles. The van der Waals surface area contributed by atoms with Gasteiger partial charge in [0.15, 0.2) is 0 Å². The number of nitrogens with two attached hydrogens (primary N) is 1. The SMILES string of the molecule is CCC(C)c1ccc(-c2nn(C)cc2CN)cc1. The minimum absolute atomic E-state index is 0.524. The van der Waals surface area contributed by atoms with Gasteiger partial charge in [-0.25, -0.2) is 0 Å². The summed E-state index contributed by atoms with van der Waals surface area (Å²) in [6, 6.07) is 8.67. The van der Waals surface area contributed by atoms with E-state index in [0.717, 1.165) is 23.2 Å². The molecule has 0 spiro atoms. The summed E-state index contributed by atoms with van der Waals surface area (Å²) in [5, 5.41) is 4.48. The average Bonchev–Trinajstić information content (AvgIpc) is 2.79. The third-order valence-corrected chi connectivity index (χ3v) is 3.49.